The Hall–Kier alpha value is -2.30. The second-order valence-corrected chi connectivity index (χ2v) is 4.61. The fourth-order valence-electron chi connectivity index (χ4n) is 2.03. The van der Waals surface area contributed by atoms with E-state index in [1.165, 1.54) is 0 Å². The second-order valence-electron chi connectivity index (χ2n) is 4.61. The molecule has 98 valence electrons. The molecule has 3 aromatic rings. The molecule has 0 fully saturated rings. The van der Waals surface area contributed by atoms with Crippen LogP contribution in [-0.2, 0) is 6.42 Å². The van der Waals surface area contributed by atoms with Gasteiger partial charge in [0.15, 0.2) is 5.65 Å². The molecule has 3 rings (SSSR count). The number of rotatable bonds is 5. The zero-order valence-electron chi connectivity index (χ0n) is 10.8. The molecule has 1 atom stereocenters. The predicted octanol–water partition coefficient (Wildman–Crippen LogP) is 2.76. The number of hydrogen-bond acceptors (Lipinski definition) is 4. The van der Waals surface area contributed by atoms with Crippen molar-refractivity contribution < 1.29 is 4.42 Å². The van der Waals surface area contributed by atoms with E-state index in [9.17, 15) is 0 Å². The van der Waals surface area contributed by atoms with Gasteiger partial charge < -0.3 is 9.73 Å². The lowest BCUT2D eigenvalue weighted by atomic mass is 10.1. The molecule has 0 spiro atoms. The molecule has 0 aliphatic carbocycles. The Kier molecular flexibility index (Phi) is 3.18. The maximum absolute atomic E-state index is 5.33. The minimum absolute atomic E-state index is 0.336. The molecule has 0 aliphatic rings. The first-order valence-corrected chi connectivity index (χ1v) is 6.40. The van der Waals surface area contributed by atoms with Crippen molar-refractivity contribution in [3.05, 3.63) is 48.7 Å². The Labute approximate surface area is 111 Å². The summed E-state index contributed by atoms with van der Waals surface area (Å²) >= 11 is 0. The van der Waals surface area contributed by atoms with Gasteiger partial charge in [0, 0.05) is 24.7 Å². The van der Waals surface area contributed by atoms with E-state index in [0.29, 0.717) is 6.04 Å². The lowest BCUT2D eigenvalue weighted by Crippen LogP contribution is -2.17. The van der Waals surface area contributed by atoms with Crippen molar-refractivity contribution in [2.75, 3.05) is 5.32 Å². The van der Waals surface area contributed by atoms with Gasteiger partial charge in [-0.1, -0.05) is 0 Å². The molecular weight excluding hydrogens is 240 g/mol. The molecule has 0 saturated heterocycles. The van der Waals surface area contributed by atoms with Gasteiger partial charge in [-0.05, 0) is 31.5 Å². The van der Waals surface area contributed by atoms with Crippen molar-refractivity contribution in [2.45, 2.75) is 25.8 Å². The fourth-order valence-corrected chi connectivity index (χ4v) is 2.03. The van der Waals surface area contributed by atoms with Crippen LogP contribution in [0.4, 0.5) is 5.82 Å². The highest BCUT2D eigenvalue weighted by Gasteiger charge is 2.06. The summed E-state index contributed by atoms with van der Waals surface area (Å²) in [6.07, 6.45) is 7.29. The summed E-state index contributed by atoms with van der Waals surface area (Å²) in [6, 6.07) is 8.08. The van der Waals surface area contributed by atoms with Crippen LogP contribution in [-0.4, -0.2) is 20.6 Å². The number of anilines is 1. The summed E-state index contributed by atoms with van der Waals surface area (Å²) in [6.45, 7) is 2.14. The largest absolute Gasteiger partial charge is 0.469 e. The van der Waals surface area contributed by atoms with Gasteiger partial charge in [0.1, 0.15) is 11.6 Å². The third-order valence-electron chi connectivity index (χ3n) is 3.06. The number of fused-ring (bicyclic) bond motifs is 1. The van der Waals surface area contributed by atoms with Crippen LogP contribution < -0.4 is 5.32 Å². The van der Waals surface area contributed by atoms with E-state index in [1.54, 1.807) is 17.0 Å². The molecular formula is C14H16N4O. The highest BCUT2D eigenvalue weighted by atomic mass is 16.3. The monoisotopic (exact) mass is 256 g/mol. The Morgan fingerprint density at radius 3 is 3.16 bits per heavy atom. The Morgan fingerprint density at radius 1 is 1.37 bits per heavy atom. The van der Waals surface area contributed by atoms with E-state index in [0.717, 1.165) is 30.1 Å². The van der Waals surface area contributed by atoms with Gasteiger partial charge >= 0.3 is 0 Å². The number of nitrogens with one attached hydrogen (secondary N) is 1. The third kappa shape index (κ3) is 2.76. The Bertz CT molecular complexity index is 644. The van der Waals surface area contributed by atoms with Gasteiger partial charge in [-0.2, -0.15) is 5.10 Å². The number of furan rings is 1. The van der Waals surface area contributed by atoms with E-state index in [2.05, 4.69) is 22.3 Å². The molecule has 1 N–H and O–H groups in total. The molecule has 1 unspecified atom stereocenters. The molecule has 5 heteroatoms. The molecule has 0 bridgehead atoms. The zero-order chi connectivity index (χ0) is 13.1. The second kappa shape index (κ2) is 5.14. The van der Waals surface area contributed by atoms with Crippen LogP contribution in [0.5, 0.6) is 0 Å². The number of hydrogen-bond donors (Lipinski definition) is 1. The SMILES string of the molecule is CC(CCc1ccco1)Nc1ccn2nccc2n1. The van der Waals surface area contributed by atoms with E-state index < -0.39 is 0 Å². The summed E-state index contributed by atoms with van der Waals surface area (Å²) in [5, 5.41) is 7.52. The van der Waals surface area contributed by atoms with Crippen LogP contribution >= 0.6 is 0 Å². The molecule has 0 amide bonds. The molecule has 0 aromatic carbocycles. The van der Waals surface area contributed by atoms with Crippen molar-refractivity contribution in [1.82, 2.24) is 14.6 Å². The van der Waals surface area contributed by atoms with E-state index in [-0.39, 0.29) is 0 Å². The Balaban J connectivity index is 1.60. The van der Waals surface area contributed by atoms with Crippen LogP contribution in [0.3, 0.4) is 0 Å². The average molecular weight is 256 g/mol. The van der Waals surface area contributed by atoms with Crippen molar-refractivity contribution in [3.8, 4) is 0 Å². The predicted molar refractivity (Wildman–Crippen MR) is 73.1 cm³/mol. The molecule has 5 nitrogen and oxygen atoms in total. The lowest BCUT2D eigenvalue weighted by molar-refractivity contribution is 0.495. The van der Waals surface area contributed by atoms with E-state index in [4.69, 9.17) is 4.42 Å². The molecule has 0 saturated carbocycles. The standard InChI is InChI=1S/C14H16N4O/c1-11(4-5-12-3-2-10-19-12)16-13-7-9-18-14(17-13)6-8-15-18/h2-3,6-11H,4-5H2,1H3,(H,16,17). The van der Waals surface area contributed by atoms with Gasteiger partial charge in [-0.25, -0.2) is 9.50 Å². The van der Waals surface area contributed by atoms with Crippen LogP contribution in [0, 0.1) is 0 Å². The van der Waals surface area contributed by atoms with Gasteiger partial charge in [0.05, 0.1) is 12.5 Å². The van der Waals surface area contributed by atoms with Crippen LogP contribution in [0.15, 0.2) is 47.3 Å². The van der Waals surface area contributed by atoms with E-state index >= 15 is 0 Å². The molecule has 0 radical (unpaired) electrons. The summed E-state index contributed by atoms with van der Waals surface area (Å²) in [7, 11) is 0. The molecule has 3 aromatic heterocycles. The normalized spacial score (nSPS) is 12.7. The smallest absolute Gasteiger partial charge is 0.157 e. The summed E-state index contributed by atoms with van der Waals surface area (Å²) < 4.78 is 7.08. The molecule has 0 aliphatic heterocycles. The highest BCUT2D eigenvalue weighted by molar-refractivity contribution is 5.45. The number of aryl methyl sites for hydroxylation is 1. The first-order valence-electron chi connectivity index (χ1n) is 6.40. The number of nitrogens with zero attached hydrogens (tertiary/aromatic N) is 3. The van der Waals surface area contributed by atoms with Crippen molar-refractivity contribution in [3.63, 3.8) is 0 Å². The quantitative estimate of drug-likeness (QED) is 0.762. The van der Waals surface area contributed by atoms with Crippen LogP contribution in [0.1, 0.15) is 19.1 Å². The van der Waals surface area contributed by atoms with Gasteiger partial charge in [0.2, 0.25) is 0 Å². The number of aromatic nitrogens is 3. The lowest BCUT2D eigenvalue weighted by Gasteiger charge is -2.13. The summed E-state index contributed by atoms with van der Waals surface area (Å²) in [5.41, 5.74) is 0.850. The third-order valence-corrected chi connectivity index (χ3v) is 3.06. The van der Waals surface area contributed by atoms with Crippen molar-refractivity contribution in [2.24, 2.45) is 0 Å². The van der Waals surface area contributed by atoms with Gasteiger partial charge in [0.25, 0.3) is 0 Å². The maximum Gasteiger partial charge on any atom is 0.157 e. The first-order chi connectivity index (χ1) is 9.31. The molecule has 19 heavy (non-hydrogen) atoms. The minimum atomic E-state index is 0.336. The summed E-state index contributed by atoms with van der Waals surface area (Å²) in [4.78, 5) is 4.49. The first kappa shape index (κ1) is 11.8. The maximum atomic E-state index is 5.33. The Morgan fingerprint density at radius 2 is 2.32 bits per heavy atom. The summed E-state index contributed by atoms with van der Waals surface area (Å²) in [5.74, 6) is 1.90. The minimum Gasteiger partial charge on any atom is -0.469 e. The zero-order valence-corrected chi connectivity index (χ0v) is 10.8. The van der Waals surface area contributed by atoms with Crippen LogP contribution in [0.25, 0.3) is 5.65 Å². The molecule has 3 heterocycles. The van der Waals surface area contributed by atoms with Crippen molar-refractivity contribution in [1.29, 1.82) is 0 Å². The van der Waals surface area contributed by atoms with Gasteiger partial charge in [-0.3, -0.25) is 0 Å². The van der Waals surface area contributed by atoms with Gasteiger partial charge in [-0.15, -0.1) is 0 Å². The van der Waals surface area contributed by atoms with E-state index in [1.807, 2.05) is 30.5 Å². The highest BCUT2D eigenvalue weighted by Crippen LogP contribution is 2.11. The average Bonchev–Trinajstić information content (AvgIpc) is 3.07. The fraction of sp³-hybridized carbons (Fsp3) is 0.286. The topological polar surface area (TPSA) is 55.4 Å². The van der Waals surface area contributed by atoms with Crippen molar-refractivity contribution >= 4 is 11.5 Å². The van der Waals surface area contributed by atoms with Crippen LogP contribution in [0.2, 0.25) is 0 Å².